The van der Waals surface area contributed by atoms with Crippen LogP contribution in [0.25, 0.3) is 0 Å². The van der Waals surface area contributed by atoms with Crippen molar-refractivity contribution in [2.24, 2.45) is 0 Å². The van der Waals surface area contributed by atoms with Crippen molar-refractivity contribution in [2.75, 3.05) is 44.7 Å². The van der Waals surface area contributed by atoms with E-state index in [1.807, 2.05) is 12.1 Å². The van der Waals surface area contributed by atoms with E-state index >= 15 is 0 Å². The van der Waals surface area contributed by atoms with Crippen LogP contribution in [0.5, 0.6) is 0 Å². The second-order valence-electron chi connectivity index (χ2n) is 8.97. The van der Waals surface area contributed by atoms with Crippen molar-refractivity contribution >= 4 is 23.8 Å². The number of hydrogen-bond donors (Lipinski definition) is 1. The van der Waals surface area contributed by atoms with E-state index in [-0.39, 0.29) is 11.8 Å². The molecule has 7 nitrogen and oxygen atoms in total. The minimum Gasteiger partial charge on any atom is -0.369 e. The van der Waals surface area contributed by atoms with Crippen molar-refractivity contribution in [1.82, 2.24) is 15.1 Å². The summed E-state index contributed by atoms with van der Waals surface area (Å²) in [6, 6.07) is 5.62. The van der Waals surface area contributed by atoms with Crippen molar-refractivity contribution < 1.29 is 14.4 Å². The fraction of sp³-hybridized carbons (Fsp3) is 0.577. The topological polar surface area (TPSA) is 73.0 Å². The molecule has 0 bridgehead atoms. The highest BCUT2D eigenvalue weighted by Crippen LogP contribution is 2.30. The van der Waals surface area contributed by atoms with Crippen molar-refractivity contribution in [3.63, 3.8) is 0 Å². The third-order valence-electron chi connectivity index (χ3n) is 6.77. The second kappa shape index (κ2) is 12.5. The summed E-state index contributed by atoms with van der Waals surface area (Å²) in [6.07, 6.45) is 9.27. The zero-order valence-corrected chi connectivity index (χ0v) is 19.9. The summed E-state index contributed by atoms with van der Waals surface area (Å²) in [7, 11) is 1.61. The van der Waals surface area contributed by atoms with Crippen LogP contribution in [0.4, 0.5) is 5.69 Å². The van der Waals surface area contributed by atoms with Gasteiger partial charge in [-0.25, -0.2) is 0 Å². The van der Waals surface area contributed by atoms with Gasteiger partial charge in [-0.1, -0.05) is 18.9 Å². The Bertz CT molecular complexity index is 833. The Hall–Kier alpha value is -2.67. The average Bonchev–Trinajstić information content (AvgIpc) is 3.17. The van der Waals surface area contributed by atoms with Gasteiger partial charge in [-0.2, -0.15) is 0 Å². The van der Waals surface area contributed by atoms with Crippen LogP contribution >= 0.6 is 0 Å². The van der Waals surface area contributed by atoms with Gasteiger partial charge in [0, 0.05) is 57.4 Å². The number of unbranched alkanes of at least 4 members (excludes halogenated alkanes) is 4. The predicted octanol–water partition coefficient (Wildman–Crippen LogP) is 2.99. The highest BCUT2D eigenvalue weighted by atomic mass is 16.2. The van der Waals surface area contributed by atoms with E-state index in [0.29, 0.717) is 31.4 Å². The maximum Gasteiger partial charge on any atom is 0.255 e. The highest BCUT2D eigenvalue weighted by molar-refractivity contribution is 6.01. The standard InChI is InChI=1S/C26H38N4O3/c1-3-4-10-24(25(32)27-2)30-20-21-19-22(11-12-23(21)26(30)33)29-16-14-28(15-17-29)13-8-6-5-7-9-18-31/h3,11-12,18-19,24H,1,4-10,13-17,20H2,2H3,(H,27,32). The van der Waals surface area contributed by atoms with Crippen LogP contribution in [0.15, 0.2) is 30.9 Å². The van der Waals surface area contributed by atoms with Gasteiger partial charge in [0.15, 0.2) is 0 Å². The van der Waals surface area contributed by atoms with E-state index in [2.05, 4.69) is 27.8 Å². The second-order valence-corrected chi connectivity index (χ2v) is 8.97. The fourth-order valence-corrected chi connectivity index (χ4v) is 4.80. The number of carbonyl (C=O) groups excluding carboxylic acids is 3. The normalized spacial score (nSPS) is 17.1. The van der Waals surface area contributed by atoms with Crippen LogP contribution < -0.4 is 10.2 Å². The van der Waals surface area contributed by atoms with Crippen LogP contribution in [-0.2, 0) is 16.1 Å². The van der Waals surface area contributed by atoms with Crippen LogP contribution in [0.3, 0.4) is 0 Å². The molecule has 1 saturated heterocycles. The number of allylic oxidation sites excluding steroid dienone is 1. The number of piperazine rings is 1. The highest BCUT2D eigenvalue weighted by Gasteiger charge is 2.36. The third kappa shape index (κ3) is 6.44. The summed E-state index contributed by atoms with van der Waals surface area (Å²) in [4.78, 5) is 42.4. The molecule has 0 saturated carbocycles. The number of carbonyl (C=O) groups is 3. The van der Waals surface area contributed by atoms with Crippen molar-refractivity contribution in [3.8, 4) is 0 Å². The molecule has 0 aromatic heterocycles. The molecule has 0 radical (unpaired) electrons. The van der Waals surface area contributed by atoms with E-state index in [0.717, 1.165) is 63.1 Å². The third-order valence-corrected chi connectivity index (χ3v) is 6.77. The van der Waals surface area contributed by atoms with Crippen molar-refractivity contribution in [3.05, 3.63) is 42.0 Å². The lowest BCUT2D eigenvalue weighted by Gasteiger charge is -2.36. The number of aldehydes is 1. The van der Waals surface area contributed by atoms with E-state index in [1.165, 1.54) is 12.8 Å². The molecule has 33 heavy (non-hydrogen) atoms. The minimum atomic E-state index is -0.474. The molecular formula is C26H38N4O3. The van der Waals surface area contributed by atoms with Gasteiger partial charge >= 0.3 is 0 Å². The molecule has 180 valence electrons. The predicted molar refractivity (Wildman–Crippen MR) is 131 cm³/mol. The molecule has 2 amide bonds. The SMILES string of the molecule is C=CCCC(C(=O)NC)N1Cc2cc(N3CCN(CCCCCCC=O)CC3)ccc2C1=O. The Labute approximate surface area is 197 Å². The van der Waals surface area contributed by atoms with E-state index in [4.69, 9.17) is 0 Å². The molecule has 7 heteroatoms. The first kappa shape index (κ1) is 25.0. The van der Waals surface area contributed by atoms with E-state index in [1.54, 1.807) is 18.0 Å². The average molecular weight is 455 g/mol. The summed E-state index contributed by atoms with van der Waals surface area (Å²) in [5.74, 6) is -0.190. The van der Waals surface area contributed by atoms with Gasteiger partial charge in [-0.05, 0) is 56.0 Å². The van der Waals surface area contributed by atoms with Gasteiger partial charge < -0.3 is 19.9 Å². The molecule has 1 unspecified atom stereocenters. The molecule has 2 aliphatic rings. The smallest absolute Gasteiger partial charge is 0.255 e. The number of amides is 2. The number of likely N-dealkylation sites (N-methyl/N-ethyl adjacent to an activating group) is 1. The number of fused-ring (bicyclic) bond motifs is 1. The number of anilines is 1. The van der Waals surface area contributed by atoms with Gasteiger partial charge in [-0.3, -0.25) is 14.5 Å². The zero-order valence-electron chi connectivity index (χ0n) is 19.9. The monoisotopic (exact) mass is 454 g/mol. The van der Waals surface area contributed by atoms with Gasteiger partial charge in [-0.15, -0.1) is 6.58 Å². The van der Waals surface area contributed by atoms with Crippen LogP contribution in [0.2, 0.25) is 0 Å². The maximum atomic E-state index is 13.0. The van der Waals surface area contributed by atoms with Gasteiger partial charge in [0.25, 0.3) is 5.91 Å². The molecule has 3 rings (SSSR count). The molecule has 1 fully saturated rings. The number of nitrogens with zero attached hydrogens (tertiary/aromatic N) is 3. The summed E-state index contributed by atoms with van der Waals surface area (Å²) >= 11 is 0. The van der Waals surface area contributed by atoms with E-state index in [9.17, 15) is 14.4 Å². The largest absolute Gasteiger partial charge is 0.369 e. The molecule has 1 N–H and O–H groups in total. The Balaban J connectivity index is 1.54. The van der Waals surface area contributed by atoms with Crippen molar-refractivity contribution in [2.45, 2.75) is 57.5 Å². The quantitative estimate of drug-likeness (QED) is 0.282. The number of rotatable bonds is 13. The molecule has 1 aromatic carbocycles. The molecule has 0 spiro atoms. The first-order valence-corrected chi connectivity index (χ1v) is 12.3. The van der Waals surface area contributed by atoms with Crippen LogP contribution in [-0.4, -0.2) is 73.7 Å². The molecule has 0 aliphatic carbocycles. The summed E-state index contributed by atoms with van der Waals surface area (Å²) in [6.45, 7) is 9.36. The molecule has 2 heterocycles. The minimum absolute atomic E-state index is 0.0628. The Morgan fingerprint density at radius 2 is 1.88 bits per heavy atom. The lowest BCUT2D eigenvalue weighted by atomic mass is 10.1. The molecule has 1 atom stereocenters. The van der Waals surface area contributed by atoms with E-state index < -0.39 is 6.04 Å². The number of nitrogens with one attached hydrogen (secondary N) is 1. The fourth-order valence-electron chi connectivity index (χ4n) is 4.80. The Morgan fingerprint density at radius 3 is 2.58 bits per heavy atom. The summed E-state index contributed by atoms with van der Waals surface area (Å²) in [5, 5.41) is 2.70. The van der Waals surface area contributed by atoms with Gasteiger partial charge in [0.1, 0.15) is 12.3 Å². The zero-order chi connectivity index (χ0) is 23.6. The lowest BCUT2D eigenvalue weighted by molar-refractivity contribution is -0.125. The summed E-state index contributed by atoms with van der Waals surface area (Å²) < 4.78 is 0. The number of benzene rings is 1. The first-order chi connectivity index (χ1) is 16.1. The number of hydrogen-bond acceptors (Lipinski definition) is 5. The van der Waals surface area contributed by atoms with Gasteiger partial charge in [0.2, 0.25) is 5.91 Å². The Kier molecular flexibility index (Phi) is 9.48. The molecular weight excluding hydrogens is 416 g/mol. The van der Waals surface area contributed by atoms with Crippen molar-refractivity contribution in [1.29, 1.82) is 0 Å². The first-order valence-electron chi connectivity index (χ1n) is 12.3. The van der Waals surface area contributed by atoms with Crippen LogP contribution in [0.1, 0.15) is 60.9 Å². The maximum absolute atomic E-state index is 13.0. The van der Waals surface area contributed by atoms with Gasteiger partial charge in [0.05, 0.1) is 0 Å². The lowest BCUT2D eigenvalue weighted by Crippen LogP contribution is -2.46. The molecule has 2 aliphatic heterocycles. The van der Waals surface area contributed by atoms with Crippen LogP contribution in [0, 0.1) is 0 Å². The Morgan fingerprint density at radius 1 is 1.12 bits per heavy atom. The molecule has 1 aromatic rings. The summed E-state index contributed by atoms with van der Waals surface area (Å²) in [5.41, 5.74) is 2.86.